The van der Waals surface area contributed by atoms with E-state index in [0.29, 0.717) is 25.4 Å². The van der Waals surface area contributed by atoms with Crippen LogP contribution >= 0.6 is 0 Å². The van der Waals surface area contributed by atoms with Gasteiger partial charge in [0.05, 0.1) is 12.2 Å². The second kappa shape index (κ2) is 9.22. The average molecular weight is 460 g/mol. The predicted molar refractivity (Wildman–Crippen MR) is 132 cm³/mol. The number of piperidine rings is 1. The van der Waals surface area contributed by atoms with Gasteiger partial charge in [0, 0.05) is 49.0 Å². The molecule has 3 amide bonds. The van der Waals surface area contributed by atoms with Gasteiger partial charge in [-0.1, -0.05) is 24.3 Å². The molecule has 1 spiro atoms. The lowest BCUT2D eigenvalue weighted by atomic mass is 9.85. The van der Waals surface area contributed by atoms with E-state index in [-0.39, 0.29) is 18.5 Å². The van der Waals surface area contributed by atoms with Crippen LogP contribution in [-0.2, 0) is 17.8 Å². The van der Waals surface area contributed by atoms with Gasteiger partial charge in [-0.15, -0.1) is 0 Å². The monoisotopic (exact) mass is 459 g/mol. The summed E-state index contributed by atoms with van der Waals surface area (Å²) in [5.41, 5.74) is 2.56. The molecule has 2 aliphatic heterocycles. The first-order chi connectivity index (χ1) is 16.5. The van der Waals surface area contributed by atoms with Crippen molar-refractivity contribution in [2.75, 3.05) is 19.6 Å². The largest absolute Gasteiger partial charge is 0.361 e. The van der Waals surface area contributed by atoms with Crippen LogP contribution in [0.25, 0.3) is 10.9 Å². The van der Waals surface area contributed by atoms with Crippen molar-refractivity contribution in [1.82, 2.24) is 24.7 Å². The first kappa shape index (κ1) is 22.6. The predicted octanol–water partition coefficient (Wildman–Crippen LogP) is 4.20. The van der Waals surface area contributed by atoms with Crippen LogP contribution in [0.3, 0.4) is 0 Å². The maximum absolute atomic E-state index is 13.6. The number of fused-ring (bicyclic) bond motifs is 1. The van der Waals surface area contributed by atoms with Crippen LogP contribution in [0.2, 0.25) is 0 Å². The number of hydrogen-bond acceptors (Lipinski definition) is 4. The Labute approximate surface area is 200 Å². The Hall–Kier alpha value is -3.19. The van der Waals surface area contributed by atoms with Gasteiger partial charge in [-0.3, -0.25) is 14.7 Å². The molecule has 0 aliphatic carbocycles. The number of likely N-dealkylation sites (N-methyl/N-ethyl adjacent to an activating group) is 1. The molecule has 0 saturated carbocycles. The maximum Gasteiger partial charge on any atom is 0.328 e. The van der Waals surface area contributed by atoms with E-state index in [9.17, 15) is 9.59 Å². The fraction of sp³-hybridized carbons (Fsp3) is 0.444. The summed E-state index contributed by atoms with van der Waals surface area (Å²) < 4.78 is 0. The molecule has 7 heteroatoms. The number of nitrogens with one attached hydrogen (secondary N) is 1. The lowest BCUT2D eigenvalue weighted by Crippen LogP contribution is -2.57. The van der Waals surface area contributed by atoms with E-state index in [0.717, 1.165) is 31.6 Å². The van der Waals surface area contributed by atoms with Gasteiger partial charge in [0.1, 0.15) is 5.54 Å². The highest BCUT2D eigenvalue weighted by molar-refractivity contribution is 6.07. The molecule has 0 radical (unpaired) electrons. The minimum atomic E-state index is -0.715. The Balaban J connectivity index is 1.23. The number of carbonyl (C=O) groups excluding carboxylic acids is 2. The number of aryl methyl sites for hydroxylation is 1. The van der Waals surface area contributed by atoms with Crippen LogP contribution < -0.4 is 0 Å². The molecule has 2 aliphatic rings. The topological polar surface area (TPSA) is 72.5 Å². The number of H-pyrrole nitrogens is 1. The smallest absolute Gasteiger partial charge is 0.328 e. The van der Waals surface area contributed by atoms with E-state index in [1.54, 1.807) is 11.1 Å². The third-order valence-electron chi connectivity index (χ3n) is 7.74. The molecule has 1 atom stereocenters. The number of pyridine rings is 1. The number of aromatic amines is 1. The SMILES string of the molecule is CCN1C(=O)N(Cc2ccccn2)C(=O)C12CCN(C(C)CCc1c[nH]c3ccccc13)CC2. The van der Waals surface area contributed by atoms with Crippen LogP contribution in [0.4, 0.5) is 4.79 Å². The summed E-state index contributed by atoms with van der Waals surface area (Å²) in [6.07, 6.45) is 7.27. The molecule has 5 rings (SSSR count). The van der Waals surface area contributed by atoms with E-state index in [1.807, 2.05) is 25.1 Å². The summed E-state index contributed by atoms with van der Waals surface area (Å²) in [4.78, 5) is 40.1. The third-order valence-corrected chi connectivity index (χ3v) is 7.74. The molecule has 4 heterocycles. The van der Waals surface area contributed by atoms with Gasteiger partial charge in [-0.25, -0.2) is 4.79 Å². The molecule has 7 nitrogen and oxygen atoms in total. The first-order valence-corrected chi connectivity index (χ1v) is 12.4. The third kappa shape index (κ3) is 3.88. The number of aromatic nitrogens is 2. The van der Waals surface area contributed by atoms with Gasteiger partial charge in [0.15, 0.2) is 0 Å². The zero-order chi connectivity index (χ0) is 23.7. The molecular formula is C27H33N5O2. The highest BCUT2D eigenvalue weighted by atomic mass is 16.2. The fourth-order valence-electron chi connectivity index (χ4n) is 5.72. The second-order valence-electron chi connectivity index (χ2n) is 9.55. The zero-order valence-corrected chi connectivity index (χ0v) is 20.0. The summed E-state index contributed by atoms with van der Waals surface area (Å²) >= 11 is 0. The Morgan fingerprint density at radius 3 is 2.59 bits per heavy atom. The van der Waals surface area contributed by atoms with Crippen molar-refractivity contribution in [1.29, 1.82) is 0 Å². The lowest BCUT2D eigenvalue weighted by molar-refractivity contribution is -0.136. The fourth-order valence-corrected chi connectivity index (χ4v) is 5.72. The maximum atomic E-state index is 13.6. The number of hydrogen-bond donors (Lipinski definition) is 1. The van der Waals surface area contributed by atoms with Crippen molar-refractivity contribution < 1.29 is 9.59 Å². The van der Waals surface area contributed by atoms with E-state index < -0.39 is 5.54 Å². The Morgan fingerprint density at radius 1 is 1.09 bits per heavy atom. The zero-order valence-electron chi connectivity index (χ0n) is 20.0. The number of nitrogens with zero attached hydrogens (tertiary/aromatic N) is 4. The minimum absolute atomic E-state index is 0.0592. The Bertz CT molecular complexity index is 1170. The highest BCUT2D eigenvalue weighted by Crippen LogP contribution is 2.38. The number of urea groups is 1. The standard InChI is InChI=1S/C27H33N5O2/c1-3-32-26(34)31(19-22-8-6-7-15-28-22)25(33)27(32)13-16-30(17-14-27)20(2)11-12-21-18-29-24-10-5-4-9-23(21)24/h4-10,15,18,20,29H,3,11-14,16-17,19H2,1-2H3. The van der Waals surface area contributed by atoms with Crippen LogP contribution in [0.5, 0.6) is 0 Å². The van der Waals surface area contributed by atoms with Crippen molar-refractivity contribution >= 4 is 22.8 Å². The van der Waals surface area contributed by atoms with Crippen LogP contribution in [0.15, 0.2) is 54.9 Å². The number of amides is 3. The van der Waals surface area contributed by atoms with Crippen LogP contribution in [0.1, 0.15) is 44.4 Å². The highest BCUT2D eigenvalue weighted by Gasteiger charge is 2.57. The van der Waals surface area contributed by atoms with E-state index >= 15 is 0 Å². The lowest BCUT2D eigenvalue weighted by Gasteiger charge is -2.43. The molecule has 1 aromatic carbocycles. The van der Waals surface area contributed by atoms with Crippen molar-refractivity contribution in [3.05, 3.63) is 66.1 Å². The number of imide groups is 1. The van der Waals surface area contributed by atoms with Gasteiger partial charge < -0.3 is 14.8 Å². The molecule has 0 bridgehead atoms. The molecule has 1 unspecified atom stereocenters. The molecule has 2 saturated heterocycles. The van der Waals surface area contributed by atoms with Crippen molar-refractivity contribution in [3.8, 4) is 0 Å². The van der Waals surface area contributed by atoms with Crippen molar-refractivity contribution in [2.45, 2.75) is 57.7 Å². The second-order valence-corrected chi connectivity index (χ2v) is 9.55. The number of benzene rings is 1. The molecule has 178 valence electrons. The average Bonchev–Trinajstić information content (AvgIpc) is 3.36. The van der Waals surface area contributed by atoms with Gasteiger partial charge in [0.2, 0.25) is 0 Å². The van der Waals surface area contributed by atoms with Gasteiger partial charge >= 0.3 is 6.03 Å². The molecule has 34 heavy (non-hydrogen) atoms. The quantitative estimate of drug-likeness (QED) is 0.538. The molecule has 2 fully saturated rings. The first-order valence-electron chi connectivity index (χ1n) is 12.4. The molecule has 3 aromatic rings. The van der Waals surface area contributed by atoms with Crippen molar-refractivity contribution in [3.63, 3.8) is 0 Å². The number of likely N-dealkylation sites (tertiary alicyclic amines) is 1. The summed E-state index contributed by atoms with van der Waals surface area (Å²) in [6, 6.07) is 14.3. The van der Waals surface area contributed by atoms with Gasteiger partial charge in [0.25, 0.3) is 5.91 Å². The number of carbonyl (C=O) groups is 2. The number of rotatable bonds is 7. The molecule has 2 aromatic heterocycles. The normalized spacial score (nSPS) is 19.5. The summed E-state index contributed by atoms with van der Waals surface area (Å²) in [6.45, 7) is 6.66. The van der Waals surface area contributed by atoms with Gasteiger partial charge in [-0.2, -0.15) is 0 Å². The van der Waals surface area contributed by atoms with E-state index in [1.165, 1.54) is 21.4 Å². The van der Waals surface area contributed by atoms with Crippen molar-refractivity contribution in [2.24, 2.45) is 0 Å². The van der Waals surface area contributed by atoms with Crippen LogP contribution in [-0.4, -0.2) is 67.8 Å². The van der Waals surface area contributed by atoms with E-state index in [2.05, 4.69) is 52.3 Å². The summed E-state index contributed by atoms with van der Waals surface area (Å²) in [5.74, 6) is -0.0592. The van der Waals surface area contributed by atoms with E-state index in [4.69, 9.17) is 0 Å². The minimum Gasteiger partial charge on any atom is -0.361 e. The summed E-state index contributed by atoms with van der Waals surface area (Å²) in [7, 11) is 0. The van der Waals surface area contributed by atoms with Crippen LogP contribution in [0, 0.1) is 0 Å². The molecular weight excluding hydrogens is 426 g/mol. The van der Waals surface area contributed by atoms with Gasteiger partial charge in [-0.05, 0) is 63.3 Å². The summed E-state index contributed by atoms with van der Waals surface area (Å²) in [5, 5.41) is 1.30. The Morgan fingerprint density at radius 2 is 1.85 bits per heavy atom. The number of para-hydroxylation sites is 1. The molecule has 1 N–H and O–H groups in total. The Kier molecular flexibility index (Phi) is 6.13.